The zero-order valence-electron chi connectivity index (χ0n) is 6.91. The third-order valence-electron chi connectivity index (χ3n) is 1.67. The Bertz CT molecular complexity index is 80.0. The molecule has 0 aliphatic rings. The smallest absolute Gasteiger partial charge is 0.0323 e. The second kappa shape index (κ2) is 5.87. The molecular formula is C9H18. The van der Waals surface area contributed by atoms with Crippen molar-refractivity contribution in [2.24, 2.45) is 0 Å². The first-order chi connectivity index (χ1) is 4.31. The molecule has 0 bridgehead atoms. The molecule has 0 heteroatoms. The van der Waals surface area contributed by atoms with E-state index in [0.29, 0.717) is 0 Å². The Morgan fingerprint density at radius 3 is 2.44 bits per heavy atom. The largest absolute Gasteiger partial charge is 0.0887 e. The average Bonchev–Trinajstić information content (AvgIpc) is 1.89. The molecule has 0 amide bonds. The summed E-state index contributed by atoms with van der Waals surface area (Å²) in [4.78, 5) is 0. The highest BCUT2D eigenvalue weighted by atomic mass is 13.9. The molecule has 0 atom stereocenters. The highest BCUT2D eigenvalue weighted by molar-refractivity contribution is 4.94. The van der Waals surface area contributed by atoms with Gasteiger partial charge in [0.15, 0.2) is 0 Å². The number of hydrogen-bond donors (Lipinski definition) is 0. The molecule has 9 heavy (non-hydrogen) atoms. The van der Waals surface area contributed by atoms with Crippen molar-refractivity contribution in [3.63, 3.8) is 0 Å². The van der Waals surface area contributed by atoms with E-state index in [1.807, 2.05) is 0 Å². The Morgan fingerprint density at radius 1 is 1.33 bits per heavy atom. The Labute approximate surface area is 59.0 Å². The Balaban J connectivity index is 3.07. The fourth-order valence-electron chi connectivity index (χ4n) is 0.798. The van der Waals surface area contributed by atoms with Gasteiger partial charge >= 0.3 is 0 Å². The Hall–Kier alpha value is -0.260. The summed E-state index contributed by atoms with van der Waals surface area (Å²) >= 11 is 0. The highest BCUT2D eigenvalue weighted by Gasteiger charge is 1.86. The van der Waals surface area contributed by atoms with Gasteiger partial charge in [0.25, 0.3) is 0 Å². The molecule has 0 aromatic heterocycles. The van der Waals surface area contributed by atoms with Crippen LogP contribution in [0.3, 0.4) is 0 Å². The van der Waals surface area contributed by atoms with Gasteiger partial charge < -0.3 is 0 Å². The van der Waals surface area contributed by atoms with Crippen LogP contribution in [0.15, 0.2) is 11.6 Å². The molecule has 0 aliphatic heterocycles. The zero-order chi connectivity index (χ0) is 7.11. The summed E-state index contributed by atoms with van der Waals surface area (Å²) in [6.45, 7) is 6.56. The Morgan fingerprint density at radius 2 is 2.00 bits per heavy atom. The molecule has 0 aliphatic carbocycles. The van der Waals surface area contributed by atoms with Gasteiger partial charge in [-0.3, -0.25) is 0 Å². The zero-order valence-corrected chi connectivity index (χ0v) is 6.91. The SMILES string of the molecule is CC=C(C)CCCCC. The van der Waals surface area contributed by atoms with E-state index in [0.717, 1.165) is 0 Å². The lowest BCUT2D eigenvalue weighted by atomic mass is 10.1. The highest BCUT2D eigenvalue weighted by Crippen LogP contribution is 2.06. The predicted octanol–water partition coefficient (Wildman–Crippen LogP) is 3.53. The van der Waals surface area contributed by atoms with Crippen LogP contribution >= 0.6 is 0 Å². The van der Waals surface area contributed by atoms with E-state index in [4.69, 9.17) is 0 Å². The standard InChI is InChI=1S/C9H18/c1-4-6-7-8-9(3)5-2/h5H,4,6-8H2,1-3H3. The fraction of sp³-hybridized carbons (Fsp3) is 0.778. The van der Waals surface area contributed by atoms with Crippen molar-refractivity contribution in [2.45, 2.75) is 46.5 Å². The van der Waals surface area contributed by atoms with E-state index in [1.165, 1.54) is 31.3 Å². The van der Waals surface area contributed by atoms with Crippen molar-refractivity contribution >= 4 is 0 Å². The minimum absolute atomic E-state index is 1.30. The quantitative estimate of drug-likeness (QED) is 0.399. The molecule has 0 unspecified atom stereocenters. The fourth-order valence-corrected chi connectivity index (χ4v) is 0.798. The van der Waals surface area contributed by atoms with Crippen LogP contribution in [0.1, 0.15) is 46.5 Å². The summed E-state index contributed by atoms with van der Waals surface area (Å²) in [7, 11) is 0. The molecule has 0 aromatic rings. The lowest BCUT2D eigenvalue weighted by Gasteiger charge is -1.96. The van der Waals surface area contributed by atoms with Crippen molar-refractivity contribution in [3.05, 3.63) is 11.6 Å². The number of unbranched alkanes of at least 4 members (excludes halogenated alkanes) is 2. The van der Waals surface area contributed by atoms with Crippen LogP contribution in [0.5, 0.6) is 0 Å². The lowest BCUT2D eigenvalue weighted by Crippen LogP contribution is -1.76. The van der Waals surface area contributed by atoms with Crippen LogP contribution < -0.4 is 0 Å². The average molecular weight is 126 g/mol. The molecule has 0 saturated heterocycles. The van der Waals surface area contributed by atoms with E-state index < -0.39 is 0 Å². The maximum atomic E-state index is 2.24. The van der Waals surface area contributed by atoms with Crippen molar-refractivity contribution in [2.75, 3.05) is 0 Å². The van der Waals surface area contributed by atoms with Crippen molar-refractivity contribution < 1.29 is 0 Å². The molecule has 0 N–H and O–H groups in total. The summed E-state index contributed by atoms with van der Waals surface area (Å²) in [6, 6.07) is 0. The molecule has 0 radical (unpaired) electrons. The normalized spacial score (nSPS) is 12.1. The number of hydrogen-bond acceptors (Lipinski definition) is 0. The molecule has 54 valence electrons. The Kier molecular flexibility index (Phi) is 5.70. The van der Waals surface area contributed by atoms with Gasteiger partial charge in [0.05, 0.1) is 0 Å². The van der Waals surface area contributed by atoms with E-state index in [1.54, 1.807) is 0 Å². The van der Waals surface area contributed by atoms with Crippen molar-refractivity contribution in [1.82, 2.24) is 0 Å². The topological polar surface area (TPSA) is 0 Å². The molecule has 0 nitrogen and oxygen atoms in total. The molecule has 0 heterocycles. The van der Waals surface area contributed by atoms with Crippen molar-refractivity contribution in [3.8, 4) is 0 Å². The van der Waals surface area contributed by atoms with E-state index >= 15 is 0 Å². The maximum Gasteiger partial charge on any atom is -0.0323 e. The number of allylic oxidation sites excluding steroid dienone is 2. The third kappa shape index (κ3) is 5.61. The van der Waals surface area contributed by atoms with E-state index in [9.17, 15) is 0 Å². The van der Waals surface area contributed by atoms with Crippen LogP contribution in [-0.2, 0) is 0 Å². The second-order valence-corrected chi connectivity index (χ2v) is 2.59. The summed E-state index contributed by atoms with van der Waals surface area (Å²) < 4.78 is 0. The van der Waals surface area contributed by atoms with Crippen LogP contribution in [0.4, 0.5) is 0 Å². The van der Waals surface area contributed by atoms with Crippen LogP contribution in [0, 0.1) is 0 Å². The number of rotatable bonds is 4. The molecular weight excluding hydrogens is 108 g/mol. The molecule has 0 fully saturated rings. The predicted molar refractivity (Wildman–Crippen MR) is 43.6 cm³/mol. The monoisotopic (exact) mass is 126 g/mol. The molecule has 0 saturated carbocycles. The maximum absolute atomic E-state index is 2.24. The lowest BCUT2D eigenvalue weighted by molar-refractivity contribution is 0.713. The molecule has 0 aromatic carbocycles. The van der Waals surface area contributed by atoms with Gasteiger partial charge in [-0.25, -0.2) is 0 Å². The van der Waals surface area contributed by atoms with Gasteiger partial charge in [-0.05, 0) is 26.7 Å². The van der Waals surface area contributed by atoms with Crippen LogP contribution in [-0.4, -0.2) is 0 Å². The van der Waals surface area contributed by atoms with Crippen LogP contribution in [0.2, 0.25) is 0 Å². The van der Waals surface area contributed by atoms with Gasteiger partial charge in [0.2, 0.25) is 0 Å². The van der Waals surface area contributed by atoms with Gasteiger partial charge in [-0.1, -0.05) is 31.4 Å². The third-order valence-corrected chi connectivity index (χ3v) is 1.67. The second-order valence-electron chi connectivity index (χ2n) is 2.59. The summed E-state index contributed by atoms with van der Waals surface area (Å²) in [5, 5.41) is 0. The molecule has 0 spiro atoms. The van der Waals surface area contributed by atoms with Gasteiger partial charge in [0, 0.05) is 0 Å². The minimum atomic E-state index is 1.30. The van der Waals surface area contributed by atoms with Gasteiger partial charge in [-0.2, -0.15) is 0 Å². The van der Waals surface area contributed by atoms with Gasteiger partial charge in [-0.15, -0.1) is 0 Å². The van der Waals surface area contributed by atoms with Gasteiger partial charge in [0.1, 0.15) is 0 Å². The van der Waals surface area contributed by atoms with E-state index in [2.05, 4.69) is 26.8 Å². The minimum Gasteiger partial charge on any atom is -0.0887 e. The summed E-state index contributed by atoms with van der Waals surface area (Å²) in [5.74, 6) is 0. The first-order valence-corrected chi connectivity index (χ1v) is 3.93. The molecule has 0 rings (SSSR count). The first kappa shape index (κ1) is 8.74. The van der Waals surface area contributed by atoms with E-state index in [-0.39, 0.29) is 0 Å². The van der Waals surface area contributed by atoms with Crippen molar-refractivity contribution in [1.29, 1.82) is 0 Å². The van der Waals surface area contributed by atoms with Crippen LogP contribution in [0.25, 0.3) is 0 Å². The first-order valence-electron chi connectivity index (χ1n) is 3.93. The summed E-state index contributed by atoms with van der Waals surface area (Å²) in [5.41, 5.74) is 1.53. The summed E-state index contributed by atoms with van der Waals surface area (Å²) in [6.07, 6.45) is 7.58.